The van der Waals surface area contributed by atoms with E-state index in [1.165, 1.54) is 52.8 Å². The smallest absolute Gasteiger partial charge is 0.160 e. The van der Waals surface area contributed by atoms with Gasteiger partial charge in [-0.05, 0) is 65.4 Å². The molecule has 0 aliphatic carbocycles. The Hall–Kier alpha value is -5.84. The SMILES string of the molecule is c1ccc(-c2nc(-c3ccc(-n4c5cc6sc7ccccc7c6cc5c5c6ccccc6ccc54)cc3)nc3ccccc23)cc1. The molecule has 10 rings (SSSR count). The van der Waals surface area contributed by atoms with Gasteiger partial charge >= 0.3 is 0 Å². The molecule has 4 heteroatoms. The second-order valence-electron chi connectivity index (χ2n) is 11.8. The molecule has 0 aliphatic rings. The molecule has 10 aromatic rings. The van der Waals surface area contributed by atoms with Crippen LogP contribution in [0.25, 0.3) is 92.0 Å². The summed E-state index contributed by atoms with van der Waals surface area (Å²) in [6.45, 7) is 0. The van der Waals surface area contributed by atoms with Gasteiger partial charge in [0.25, 0.3) is 0 Å². The van der Waals surface area contributed by atoms with Crippen molar-refractivity contribution in [3.05, 3.63) is 152 Å². The van der Waals surface area contributed by atoms with E-state index in [2.05, 4.69) is 138 Å². The fourth-order valence-electron chi connectivity index (χ4n) is 7.06. The van der Waals surface area contributed by atoms with Gasteiger partial charge in [0, 0.05) is 53.1 Å². The van der Waals surface area contributed by atoms with Gasteiger partial charge < -0.3 is 4.57 Å². The minimum Gasteiger partial charge on any atom is -0.309 e. The van der Waals surface area contributed by atoms with Crippen LogP contribution in [-0.4, -0.2) is 14.5 Å². The van der Waals surface area contributed by atoms with E-state index in [1.807, 2.05) is 29.5 Å². The molecule has 0 fully saturated rings. The minimum atomic E-state index is 0.726. The first-order valence-corrected chi connectivity index (χ1v) is 16.3. The molecular formula is C42H25N3S. The molecule has 0 saturated heterocycles. The summed E-state index contributed by atoms with van der Waals surface area (Å²) in [5, 5.41) is 8.79. The Morgan fingerprint density at radius 3 is 2.07 bits per heavy atom. The maximum absolute atomic E-state index is 5.11. The van der Waals surface area contributed by atoms with Crippen LogP contribution in [0.15, 0.2) is 152 Å². The average molecular weight is 604 g/mol. The third-order valence-electron chi connectivity index (χ3n) is 9.19. The van der Waals surface area contributed by atoms with Crippen LogP contribution in [-0.2, 0) is 0 Å². The van der Waals surface area contributed by atoms with Crippen LogP contribution in [0.1, 0.15) is 0 Å². The summed E-state index contributed by atoms with van der Waals surface area (Å²) in [6, 6.07) is 54.1. The van der Waals surface area contributed by atoms with Gasteiger partial charge in [0.1, 0.15) is 0 Å². The molecule has 0 atom stereocenters. The zero-order valence-electron chi connectivity index (χ0n) is 24.7. The summed E-state index contributed by atoms with van der Waals surface area (Å²) in [7, 11) is 0. The highest BCUT2D eigenvalue weighted by molar-refractivity contribution is 7.25. The molecule has 0 radical (unpaired) electrons. The van der Waals surface area contributed by atoms with E-state index in [-0.39, 0.29) is 0 Å². The number of hydrogen-bond donors (Lipinski definition) is 0. The van der Waals surface area contributed by atoms with E-state index in [9.17, 15) is 0 Å². The first-order chi connectivity index (χ1) is 22.8. The molecule has 214 valence electrons. The predicted octanol–water partition coefficient (Wildman–Crippen LogP) is 11.6. The quantitative estimate of drug-likeness (QED) is 0.201. The lowest BCUT2D eigenvalue weighted by Crippen LogP contribution is -1.97. The molecule has 0 amide bonds. The van der Waals surface area contributed by atoms with Crippen LogP contribution >= 0.6 is 11.3 Å². The molecule has 0 N–H and O–H groups in total. The number of rotatable bonds is 3. The van der Waals surface area contributed by atoms with E-state index in [0.29, 0.717) is 0 Å². The summed E-state index contributed by atoms with van der Waals surface area (Å²) in [6.07, 6.45) is 0. The van der Waals surface area contributed by atoms with Crippen LogP contribution in [0.3, 0.4) is 0 Å². The van der Waals surface area contributed by atoms with Crippen molar-refractivity contribution in [2.75, 3.05) is 0 Å². The first-order valence-electron chi connectivity index (χ1n) is 15.5. The molecule has 0 bridgehead atoms. The second-order valence-corrected chi connectivity index (χ2v) is 12.9. The maximum atomic E-state index is 5.11. The van der Waals surface area contributed by atoms with Crippen molar-refractivity contribution in [3.8, 4) is 28.3 Å². The third kappa shape index (κ3) is 3.77. The molecule has 46 heavy (non-hydrogen) atoms. The fourth-order valence-corrected chi connectivity index (χ4v) is 8.19. The topological polar surface area (TPSA) is 30.7 Å². The number of benzene rings is 7. The lowest BCUT2D eigenvalue weighted by molar-refractivity contribution is 1.18. The van der Waals surface area contributed by atoms with Gasteiger partial charge in [-0.2, -0.15) is 0 Å². The van der Waals surface area contributed by atoms with Crippen molar-refractivity contribution in [3.63, 3.8) is 0 Å². The highest BCUT2D eigenvalue weighted by Crippen LogP contribution is 2.42. The molecule has 3 heterocycles. The van der Waals surface area contributed by atoms with Gasteiger partial charge in [-0.15, -0.1) is 11.3 Å². The number of fused-ring (bicyclic) bond motifs is 9. The third-order valence-corrected chi connectivity index (χ3v) is 10.3. The molecule has 3 aromatic heterocycles. The van der Waals surface area contributed by atoms with Crippen LogP contribution < -0.4 is 0 Å². The van der Waals surface area contributed by atoms with Gasteiger partial charge in [-0.3, -0.25) is 0 Å². The van der Waals surface area contributed by atoms with Crippen LogP contribution in [0, 0.1) is 0 Å². The van der Waals surface area contributed by atoms with Crippen molar-refractivity contribution >= 4 is 75.0 Å². The Kier molecular flexibility index (Phi) is 5.45. The lowest BCUT2D eigenvalue weighted by atomic mass is 10.0. The Balaban J connectivity index is 1.20. The monoisotopic (exact) mass is 603 g/mol. The van der Waals surface area contributed by atoms with Gasteiger partial charge in [0.2, 0.25) is 0 Å². The highest BCUT2D eigenvalue weighted by Gasteiger charge is 2.18. The van der Waals surface area contributed by atoms with E-state index >= 15 is 0 Å². The van der Waals surface area contributed by atoms with E-state index in [0.717, 1.165) is 39.2 Å². The van der Waals surface area contributed by atoms with Crippen molar-refractivity contribution in [2.24, 2.45) is 0 Å². The van der Waals surface area contributed by atoms with Crippen molar-refractivity contribution in [2.45, 2.75) is 0 Å². The van der Waals surface area contributed by atoms with Crippen molar-refractivity contribution < 1.29 is 0 Å². The maximum Gasteiger partial charge on any atom is 0.160 e. The number of thiophene rings is 1. The molecule has 0 unspecified atom stereocenters. The van der Waals surface area contributed by atoms with Crippen molar-refractivity contribution in [1.29, 1.82) is 0 Å². The molecular weight excluding hydrogens is 579 g/mol. The van der Waals surface area contributed by atoms with Crippen molar-refractivity contribution in [1.82, 2.24) is 14.5 Å². The van der Waals surface area contributed by atoms with Crippen LogP contribution in [0.2, 0.25) is 0 Å². The zero-order chi connectivity index (χ0) is 30.2. The first kappa shape index (κ1) is 25.5. The Labute approximate surface area is 268 Å². The summed E-state index contributed by atoms with van der Waals surface area (Å²) in [4.78, 5) is 10.1. The normalized spacial score (nSPS) is 11.9. The summed E-state index contributed by atoms with van der Waals surface area (Å²) < 4.78 is 5.04. The predicted molar refractivity (Wildman–Crippen MR) is 195 cm³/mol. The van der Waals surface area contributed by atoms with Crippen LogP contribution in [0.5, 0.6) is 0 Å². The number of para-hydroxylation sites is 1. The Bertz CT molecular complexity index is 2790. The summed E-state index contributed by atoms with van der Waals surface area (Å²) >= 11 is 1.86. The molecule has 0 spiro atoms. The van der Waals surface area contributed by atoms with Gasteiger partial charge in [-0.25, -0.2) is 9.97 Å². The summed E-state index contributed by atoms with van der Waals surface area (Å²) in [5.41, 5.74) is 7.50. The van der Waals surface area contributed by atoms with E-state index < -0.39 is 0 Å². The van der Waals surface area contributed by atoms with Crippen LogP contribution in [0.4, 0.5) is 0 Å². The Morgan fingerprint density at radius 2 is 1.20 bits per heavy atom. The van der Waals surface area contributed by atoms with Gasteiger partial charge in [0.15, 0.2) is 5.82 Å². The molecule has 7 aromatic carbocycles. The largest absolute Gasteiger partial charge is 0.309 e. The summed E-state index contributed by atoms with van der Waals surface area (Å²) in [5.74, 6) is 0.726. The highest BCUT2D eigenvalue weighted by atomic mass is 32.1. The number of nitrogens with zero attached hydrogens (tertiary/aromatic N) is 3. The van der Waals surface area contributed by atoms with Gasteiger partial charge in [-0.1, -0.05) is 97.1 Å². The molecule has 0 aliphatic heterocycles. The number of hydrogen-bond acceptors (Lipinski definition) is 3. The van der Waals surface area contributed by atoms with Gasteiger partial charge in [0.05, 0.1) is 22.2 Å². The lowest BCUT2D eigenvalue weighted by Gasteiger charge is -2.11. The molecule has 3 nitrogen and oxygen atoms in total. The fraction of sp³-hybridized carbons (Fsp3) is 0. The zero-order valence-corrected chi connectivity index (χ0v) is 25.5. The van der Waals surface area contributed by atoms with E-state index in [4.69, 9.17) is 9.97 Å². The second kappa shape index (κ2) is 9.83. The number of aromatic nitrogens is 3. The molecule has 0 saturated carbocycles. The Morgan fingerprint density at radius 1 is 0.457 bits per heavy atom. The van der Waals surface area contributed by atoms with E-state index in [1.54, 1.807) is 0 Å². The minimum absolute atomic E-state index is 0.726. The standard InChI is InChI=1S/C42H25N3S/c1-2-11-27(12-3-1)41-32-15-6-8-16-35(32)43-42(44-41)28-18-21-29(22-19-28)45-36-23-20-26-10-4-5-13-30(26)40(36)34-24-33-31-14-7-9-17-38(31)46-39(33)25-37(34)45/h1-25H. The average Bonchev–Trinajstić information content (AvgIpc) is 3.65.